The number of hydrogen-bond acceptors (Lipinski definition) is 6. The highest BCUT2D eigenvalue weighted by Crippen LogP contribution is 2.23. The Morgan fingerprint density at radius 2 is 1.88 bits per heavy atom. The molecule has 0 radical (unpaired) electrons. The summed E-state index contributed by atoms with van der Waals surface area (Å²) in [6.45, 7) is -0.0372. The molecular formula is C17H17N3O5. The molecule has 0 spiro atoms. The van der Waals surface area contributed by atoms with E-state index in [1.165, 1.54) is 19.2 Å². The van der Waals surface area contributed by atoms with Crippen LogP contribution in [-0.4, -0.2) is 30.5 Å². The molecule has 1 amide bonds. The maximum Gasteiger partial charge on any atom is 0.341 e. The molecule has 0 unspecified atom stereocenters. The van der Waals surface area contributed by atoms with Crippen molar-refractivity contribution in [2.75, 3.05) is 19.0 Å². The number of carbonyl (C=O) groups excluding carboxylic acids is 2. The Labute approximate surface area is 144 Å². The van der Waals surface area contributed by atoms with E-state index in [0.29, 0.717) is 12.2 Å². The van der Waals surface area contributed by atoms with Crippen LogP contribution in [0.4, 0.5) is 11.4 Å². The summed E-state index contributed by atoms with van der Waals surface area (Å²) in [5.41, 5.74) is 1.12. The number of anilines is 1. The third kappa shape index (κ3) is 5.03. The Morgan fingerprint density at radius 3 is 2.52 bits per heavy atom. The zero-order chi connectivity index (χ0) is 18.2. The lowest BCUT2D eigenvalue weighted by atomic mass is 10.1. The van der Waals surface area contributed by atoms with Gasteiger partial charge in [-0.3, -0.25) is 14.9 Å². The SMILES string of the molecule is CNC(=O)COC(=O)c1cc([N+](=O)[O-])ccc1NCc1ccccc1. The molecule has 0 aliphatic heterocycles. The second kappa shape index (κ2) is 8.44. The van der Waals surface area contributed by atoms with Crippen LogP contribution < -0.4 is 10.6 Å². The minimum atomic E-state index is -0.817. The summed E-state index contributed by atoms with van der Waals surface area (Å²) in [6, 6.07) is 13.3. The van der Waals surface area contributed by atoms with E-state index < -0.39 is 23.4 Å². The zero-order valence-corrected chi connectivity index (χ0v) is 13.5. The number of nitrogens with zero attached hydrogens (tertiary/aromatic N) is 1. The fourth-order valence-electron chi connectivity index (χ4n) is 2.04. The Morgan fingerprint density at radius 1 is 1.16 bits per heavy atom. The number of amides is 1. The maximum atomic E-state index is 12.2. The number of nitrogens with one attached hydrogen (secondary N) is 2. The molecule has 0 aromatic heterocycles. The van der Waals surface area contributed by atoms with Crippen LogP contribution in [-0.2, 0) is 16.1 Å². The molecule has 8 nitrogen and oxygen atoms in total. The molecule has 0 saturated carbocycles. The van der Waals surface area contributed by atoms with E-state index in [2.05, 4.69) is 10.6 Å². The molecule has 0 atom stereocenters. The topological polar surface area (TPSA) is 111 Å². The molecule has 2 rings (SSSR count). The van der Waals surface area contributed by atoms with Gasteiger partial charge in [0.05, 0.1) is 10.5 Å². The molecule has 0 aliphatic rings. The van der Waals surface area contributed by atoms with Crippen molar-refractivity contribution >= 4 is 23.3 Å². The van der Waals surface area contributed by atoms with E-state index in [4.69, 9.17) is 4.74 Å². The van der Waals surface area contributed by atoms with Crippen LogP contribution in [0.5, 0.6) is 0 Å². The number of ether oxygens (including phenoxy) is 1. The van der Waals surface area contributed by atoms with Gasteiger partial charge in [-0.2, -0.15) is 0 Å². The van der Waals surface area contributed by atoms with Crippen molar-refractivity contribution in [3.8, 4) is 0 Å². The number of nitro benzene ring substituents is 1. The number of nitro groups is 1. The molecule has 0 heterocycles. The summed E-state index contributed by atoms with van der Waals surface area (Å²) in [7, 11) is 1.41. The van der Waals surface area contributed by atoms with Crippen molar-refractivity contribution in [1.82, 2.24) is 5.32 Å². The van der Waals surface area contributed by atoms with Crippen LogP contribution >= 0.6 is 0 Å². The van der Waals surface area contributed by atoms with Crippen LogP contribution in [0.1, 0.15) is 15.9 Å². The van der Waals surface area contributed by atoms with Crippen molar-refractivity contribution in [2.24, 2.45) is 0 Å². The molecule has 0 bridgehead atoms. The third-order valence-electron chi connectivity index (χ3n) is 3.37. The number of non-ortho nitro benzene ring substituents is 1. The van der Waals surface area contributed by atoms with Crippen molar-refractivity contribution < 1.29 is 19.2 Å². The molecule has 2 N–H and O–H groups in total. The van der Waals surface area contributed by atoms with Gasteiger partial charge >= 0.3 is 5.97 Å². The third-order valence-corrected chi connectivity index (χ3v) is 3.37. The van der Waals surface area contributed by atoms with Gasteiger partial charge in [-0.25, -0.2) is 4.79 Å². The van der Waals surface area contributed by atoms with E-state index >= 15 is 0 Å². The van der Waals surface area contributed by atoms with E-state index in [1.807, 2.05) is 30.3 Å². The van der Waals surface area contributed by atoms with Gasteiger partial charge in [0.2, 0.25) is 0 Å². The average molecular weight is 343 g/mol. The molecule has 0 aliphatic carbocycles. The van der Waals surface area contributed by atoms with Gasteiger partial charge < -0.3 is 15.4 Å². The smallest absolute Gasteiger partial charge is 0.341 e. The van der Waals surface area contributed by atoms with Crippen molar-refractivity contribution in [3.63, 3.8) is 0 Å². The fraction of sp³-hybridized carbons (Fsp3) is 0.176. The van der Waals surface area contributed by atoms with E-state index in [9.17, 15) is 19.7 Å². The fourth-order valence-corrected chi connectivity index (χ4v) is 2.04. The summed E-state index contributed by atoms with van der Waals surface area (Å²) in [4.78, 5) is 33.8. The van der Waals surface area contributed by atoms with Crippen LogP contribution in [0.2, 0.25) is 0 Å². The Bertz CT molecular complexity index is 777. The van der Waals surface area contributed by atoms with Gasteiger partial charge in [-0.05, 0) is 11.6 Å². The lowest BCUT2D eigenvalue weighted by molar-refractivity contribution is -0.384. The monoisotopic (exact) mass is 343 g/mol. The first kappa shape index (κ1) is 17.9. The molecule has 2 aromatic rings. The summed E-state index contributed by atoms with van der Waals surface area (Å²) in [5.74, 6) is -1.29. The number of esters is 1. The molecule has 0 fully saturated rings. The quantitative estimate of drug-likeness (QED) is 0.452. The van der Waals surface area contributed by atoms with Gasteiger partial charge in [-0.1, -0.05) is 30.3 Å². The first-order valence-corrected chi connectivity index (χ1v) is 7.45. The summed E-state index contributed by atoms with van der Waals surface area (Å²) in [6.07, 6.45) is 0. The van der Waals surface area contributed by atoms with Gasteiger partial charge in [0.15, 0.2) is 6.61 Å². The Hall–Kier alpha value is -3.42. The predicted molar refractivity (Wildman–Crippen MR) is 91.2 cm³/mol. The number of hydrogen-bond donors (Lipinski definition) is 2. The Balaban J connectivity index is 2.20. The van der Waals surface area contributed by atoms with Crippen LogP contribution in [0.25, 0.3) is 0 Å². The standard InChI is InChI=1S/C17H17N3O5/c1-18-16(21)11-25-17(22)14-9-13(20(23)24)7-8-15(14)19-10-12-5-3-2-4-6-12/h2-9,19H,10-11H2,1H3,(H,18,21). The molecule has 8 heteroatoms. The summed E-state index contributed by atoms with van der Waals surface area (Å²) >= 11 is 0. The van der Waals surface area contributed by atoms with Crippen molar-refractivity contribution in [3.05, 3.63) is 69.8 Å². The highest BCUT2D eigenvalue weighted by molar-refractivity contribution is 5.97. The molecule has 2 aromatic carbocycles. The van der Waals surface area contributed by atoms with Crippen LogP contribution in [0.15, 0.2) is 48.5 Å². The normalized spacial score (nSPS) is 9.96. The van der Waals surface area contributed by atoms with Crippen molar-refractivity contribution in [2.45, 2.75) is 6.54 Å². The number of likely N-dealkylation sites (N-methyl/N-ethyl adjacent to an activating group) is 1. The largest absolute Gasteiger partial charge is 0.452 e. The molecule has 25 heavy (non-hydrogen) atoms. The number of carbonyl (C=O) groups is 2. The average Bonchev–Trinajstić information content (AvgIpc) is 2.64. The molecule has 130 valence electrons. The highest BCUT2D eigenvalue weighted by atomic mass is 16.6. The van der Waals surface area contributed by atoms with Gasteiger partial charge in [0.1, 0.15) is 0 Å². The number of rotatable bonds is 7. The molecule has 0 saturated heterocycles. The van der Waals surface area contributed by atoms with E-state index in [-0.39, 0.29) is 11.3 Å². The summed E-state index contributed by atoms with van der Waals surface area (Å²) < 4.78 is 4.89. The van der Waals surface area contributed by atoms with Gasteiger partial charge in [0.25, 0.3) is 11.6 Å². The van der Waals surface area contributed by atoms with Gasteiger partial charge in [-0.15, -0.1) is 0 Å². The lowest BCUT2D eigenvalue weighted by Gasteiger charge is -2.12. The van der Waals surface area contributed by atoms with Gasteiger partial charge in [0, 0.05) is 31.4 Å². The number of benzene rings is 2. The maximum absolute atomic E-state index is 12.2. The molecular weight excluding hydrogens is 326 g/mol. The van der Waals surface area contributed by atoms with E-state index in [1.54, 1.807) is 0 Å². The first-order chi connectivity index (χ1) is 12.0. The minimum absolute atomic E-state index is 0.00552. The second-order valence-corrected chi connectivity index (χ2v) is 5.08. The summed E-state index contributed by atoms with van der Waals surface area (Å²) in [5, 5.41) is 16.3. The first-order valence-electron chi connectivity index (χ1n) is 7.45. The second-order valence-electron chi connectivity index (χ2n) is 5.08. The van der Waals surface area contributed by atoms with Crippen LogP contribution in [0, 0.1) is 10.1 Å². The Kier molecular flexibility index (Phi) is 6.05. The van der Waals surface area contributed by atoms with E-state index in [0.717, 1.165) is 11.6 Å². The minimum Gasteiger partial charge on any atom is -0.452 e. The van der Waals surface area contributed by atoms with Crippen LogP contribution in [0.3, 0.4) is 0 Å². The zero-order valence-electron chi connectivity index (χ0n) is 13.5. The predicted octanol–water partition coefficient (Wildman–Crippen LogP) is 2.11. The van der Waals surface area contributed by atoms with Crippen molar-refractivity contribution in [1.29, 1.82) is 0 Å². The highest BCUT2D eigenvalue weighted by Gasteiger charge is 2.18. The lowest BCUT2D eigenvalue weighted by Crippen LogP contribution is -2.25.